The molecule has 0 unspecified atom stereocenters. The van der Waals surface area contributed by atoms with Crippen LogP contribution in [0.25, 0.3) is 10.8 Å². The number of rotatable bonds is 5. The van der Waals surface area contributed by atoms with Crippen LogP contribution in [0.5, 0.6) is 0 Å². The Labute approximate surface area is 128 Å². The number of fused-ring (bicyclic) bond motifs is 1. The molecule has 1 N–H and O–H groups in total. The molecule has 0 spiro atoms. The third kappa shape index (κ3) is 3.84. The fraction of sp³-hybridized carbons (Fsp3) is 0.474. The summed E-state index contributed by atoms with van der Waals surface area (Å²) in [4.78, 5) is 2.59. The molecule has 0 bridgehead atoms. The van der Waals surface area contributed by atoms with E-state index in [-0.39, 0.29) is 0 Å². The van der Waals surface area contributed by atoms with Crippen LogP contribution in [0.15, 0.2) is 42.5 Å². The first kappa shape index (κ1) is 14.6. The van der Waals surface area contributed by atoms with Crippen LogP contribution in [0.1, 0.15) is 31.7 Å². The average molecular weight is 282 g/mol. The standard InChI is InChI=1S/C19H26N2/c1-2-11-21-12-9-19(10-13-21)20-15-16-7-8-17-5-3-4-6-18(17)14-16/h3-8,14,19-20H,2,9-13,15H2,1H3. The Hall–Kier alpha value is -1.38. The highest BCUT2D eigenvalue weighted by molar-refractivity contribution is 5.82. The molecule has 0 aromatic heterocycles. The van der Waals surface area contributed by atoms with Crippen LogP contribution in [-0.4, -0.2) is 30.6 Å². The summed E-state index contributed by atoms with van der Waals surface area (Å²) in [6.07, 6.45) is 3.84. The molecular formula is C19H26N2. The van der Waals surface area contributed by atoms with Gasteiger partial charge in [0.2, 0.25) is 0 Å². The van der Waals surface area contributed by atoms with E-state index in [1.807, 2.05) is 0 Å². The maximum Gasteiger partial charge on any atom is 0.0208 e. The Kier molecular flexibility index (Phi) is 4.89. The number of nitrogens with zero attached hydrogens (tertiary/aromatic N) is 1. The Morgan fingerprint density at radius 2 is 1.81 bits per heavy atom. The van der Waals surface area contributed by atoms with E-state index in [1.165, 1.54) is 55.2 Å². The van der Waals surface area contributed by atoms with E-state index in [1.54, 1.807) is 0 Å². The lowest BCUT2D eigenvalue weighted by molar-refractivity contribution is 0.197. The molecule has 2 nitrogen and oxygen atoms in total. The SMILES string of the molecule is CCCN1CCC(NCc2ccc3ccccc3c2)CC1. The maximum atomic E-state index is 3.74. The van der Waals surface area contributed by atoms with Crippen molar-refractivity contribution in [3.05, 3.63) is 48.0 Å². The third-order valence-electron chi connectivity index (χ3n) is 4.54. The Morgan fingerprint density at radius 1 is 1.05 bits per heavy atom. The van der Waals surface area contributed by atoms with E-state index in [0.29, 0.717) is 6.04 Å². The van der Waals surface area contributed by atoms with Crippen molar-refractivity contribution >= 4 is 10.8 Å². The largest absolute Gasteiger partial charge is 0.310 e. The lowest BCUT2D eigenvalue weighted by Crippen LogP contribution is -2.42. The van der Waals surface area contributed by atoms with Gasteiger partial charge in [0.1, 0.15) is 0 Å². The Bertz CT molecular complexity index is 571. The molecule has 0 aliphatic carbocycles. The molecule has 1 aliphatic heterocycles. The zero-order chi connectivity index (χ0) is 14.5. The van der Waals surface area contributed by atoms with Crippen LogP contribution in [0, 0.1) is 0 Å². The lowest BCUT2D eigenvalue weighted by Gasteiger charge is -2.32. The molecule has 1 aliphatic rings. The monoisotopic (exact) mass is 282 g/mol. The molecule has 1 heterocycles. The van der Waals surface area contributed by atoms with Crippen molar-refractivity contribution < 1.29 is 0 Å². The molecule has 0 radical (unpaired) electrons. The number of likely N-dealkylation sites (tertiary alicyclic amines) is 1. The van der Waals surface area contributed by atoms with Gasteiger partial charge in [0.25, 0.3) is 0 Å². The molecule has 21 heavy (non-hydrogen) atoms. The number of piperidine rings is 1. The molecule has 112 valence electrons. The molecule has 3 rings (SSSR count). The number of hydrogen-bond donors (Lipinski definition) is 1. The maximum absolute atomic E-state index is 3.74. The summed E-state index contributed by atoms with van der Waals surface area (Å²) in [5.41, 5.74) is 1.39. The van der Waals surface area contributed by atoms with E-state index >= 15 is 0 Å². The van der Waals surface area contributed by atoms with Gasteiger partial charge in [-0.15, -0.1) is 0 Å². The first-order chi connectivity index (χ1) is 10.3. The van der Waals surface area contributed by atoms with Gasteiger partial charge in [-0.1, -0.05) is 43.3 Å². The van der Waals surface area contributed by atoms with Gasteiger partial charge in [-0.2, -0.15) is 0 Å². The van der Waals surface area contributed by atoms with Crippen LogP contribution >= 0.6 is 0 Å². The molecular weight excluding hydrogens is 256 g/mol. The molecule has 2 heteroatoms. The van der Waals surface area contributed by atoms with Gasteiger partial charge < -0.3 is 10.2 Å². The Morgan fingerprint density at radius 3 is 2.57 bits per heavy atom. The zero-order valence-electron chi connectivity index (χ0n) is 13.0. The van der Waals surface area contributed by atoms with Crippen molar-refractivity contribution in [2.75, 3.05) is 19.6 Å². The van der Waals surface area contributed by atoms with Gasteiger partial charge in [-0.3, -0.25) is 0 Å². The summed E-state index contributed by atoms with van der Waals surface area (Å²) >= 11 is 0. The highest BCUT2D eigenvalue weighted by atomic mass is 15.1. The van der Waals surface area contributed by atoms with Crippen LogP contribution in [-0.2, 0) is 6.54 Å². The van der Waals surface area contributed by atoms with Crippen molar-refractivity contribution in [2.45, 2.75) is 38.8 Å². The second kappa shape index (κ2) is 7.06. The number of benzene rings is 2. The highest BCUT2D eigenvalue weighted by Gasteiger charge is 2.17. The van der Waals surface area contributed by atoms with E-state index in [2.05, 4.69) is 59.6 Å². The van der Waals surface area contributed by atoms with Crippen LogP contribution in [0.3, 0.4) is 0 Å². The van der Waals surface area contributed by atoms with E-state index in [0.717, 1.165) is 6.54 Å². The summed E-state index contributed by atoms with van der Waals surface area (Å²) in [7, 11) is 0. The zero-order valence-corrected chi connectivity index (χ0v) is 13.0. The van der Waals surface area contributed by atoms with Crippen molar-refractivity contribution in [3.63, 3.8) is 0 Å². The van der Waals surface area contributed by atoms with Gasteiger partial charge in [0, 0.05) is 12.6 Å². The minimum Gasteiger partial charge on any atom is -0.310 e. The molecule has 0 amide bonds. The van der Waals surface area contributed by atoms with Gasteiger partial charge in [0.05, 0.1) is 0 Å². The average Bonchev–Trinajstić information content (AvgIpc) is 2.54. The normalized spacial score (nSPS) is 17.4. The van der Waals surface area contributed by atoms with Gasteiger partial charge in [-0.25, -0.2) is 0 Å². The van der Waals surface area contributed by atoms with Crippen molar-refractivity contribution in [1.82, 2.24) is 10.2 Å². The fourth-order valence-electron chi connectivity index (χ4n) is 3.29. The summed E-state index contributed by atoms with van der Waals surface area (Å²) in [6.45, 7) is 7.02. The smallest absolute Gasteiger partial charge is 0.0208 e. The fourth-order valence-corrected chi connectivity index (χ4v) is 3.29. The van der Waals surface area contributed by atoms with Crippen molar-refractivity contribution in [2.24, 2.45) is 0 Å². The molecule has 0 saturated carbocycles. The molecule has 2 aromatic carbocycles. The highest BCUT2D eigenvalue weighted by Crippen LogP contribution is 2.16. The quantitative estimate of drug-likeness (QED) is 0.897. The Balaban J connectivity index is 1.52. The molecule has 1 fully saturated rings. The minimum absolute atomic E-state index is 0.685. The number of hydrogen-bond acceptors (Lipinski definition) is 2. The summed E-state index contributed by atoms with van der Waals surface area (Å²) < 4.78 is 0. The second-order valence-corrected chi connectivity index (χ2v) is 6.18. The van der Waals surface area contributed by atoms with Crippen molar-refractivity contribution in [1.29, 1.82) is 0 Å². The predicted molar refractivity (Wildman–Crippen MR) is 90.5 cm³/mol. The lowest BCUT2D eigenvalue weighted by atomic mass is 10.0. The summed E-state index contributed by atoms with van der Waals surface area (Å²) in [5, 5.41) is 6.41. The third-order valence-corrected chi connectivity index (χ3v) is 4.54. The van der Waals surface area contributed by atoms with Crippen LogP contribution in [0.4, 0.5) is 0 Å². The topological polar surface area (TPSA) is 15.3 Å². The van der Waals surface area contributed by atoms with E-state index < -0.39 is 0 Å². The van der Waals surface area contributed by atoms with E-state index in [9.17, 15) is 0 Å². The molecule has 0 atom stereocenters. The first-order valence-electron chi connectivity index (χ1n) is 8.28. The summed E-state index contributed by atoms with van der Waals surface area (Å²) in [6, 6.07) is 16.1. The summed E-state index contributed by atoms with van der Waals surface area (Å²) in [5.74, 6) is 0. The predicted octanol–water partition coefficient (Wildman–Crippen LogP) is 3.80. The van der Waals surface area contributed by atoms with Gasteiger partial charge in [0.15, 0.2) is 0 Å². The van der Waals surface area contributed by atoms with Crippen LogP contribution < -0.4 is 5.32 Å². The van der Waals surface area contributed by atoms with Crippen LogP contribution in [0.2, 0.25) is 0 Å². The van der Waals surface area contributed by atoms with Gasteiger partial charge >= 0.3 is 0 Å². The second-order valence-electron chi connectivity index (χ2n) is 6.18. The first-order valence-corrected chi connectivity index (χ1v) is 8.28. The number of nitrogens with one attached hydrogen (secondary N) is 1. The van der Waals surface area contributed by atoms with Crippen molar-refractivity contribution in [3.8, 4) is 0 Å². The molecule has 1 saturated heterocycles. The van der Waals surface area contributed by atoms with Gasteiger partial charge in [-0.05, 0) is 61.3 Å². The molecule has 2 aromatic rings. The minimum atomic E-state index is 0.685. The van der Waals surface area contributed by atoms with E-state index in [4.69, 9.17) is 0 Å².